The highest BCUT2D eigenvalue weighted by Gasteiger charge is 2.25. The van der Waals surface area contributed by atoms with Crippen LogP contribution in [0.1, 0.15) is 19.8 Å². The summed E-state index contributed by atoms with van der Waals surface area (Å²) in [5.41, 5.74) is 0.0357. The van der Waals surface area contributed by atoms with Crippen LogP contribution in [0.15, 0.2) is 12.1 Å². The average Bonchev–Trinajstić information content (AvgIpc) is 3.02. The molecule has 16 heavy (non-hydrogen) atoms. The van der Waals surface area contributed by atoms with Crippen LogP contribution >= 0.6 is 0 Å². The molecule has 1 saturated carbocycles. The van der Waals surface area contributed by atoms with Crippen LogP contribution in [0.4, 0.5) is 17.3 Å². The summed E-state index contributed by atoms with van der Waals surface area (Å²) in [6, 6.07) is 3.46. The SMILES string of the molecule is CCNc1ccc([N+](=O)[O-])c(NC2CC2)n1. The van der Waals surface area contributed by atoms with Gasteiger partial charge in [0.05, 0.1) is 4.92 Å². The number of anilines is 2. The maximum atomic E-state index is 10.8. The molecule has 2 N–H and O–H groups in total. The first-order valence-electron chi connectivity index (χ1n) is 5.36. The van der Waals surface area contributed by atoms with Crippen molar-refractivity contribution in [3.8, 4) is 0 Å². The van der Waals surface area contributed by atoms with Crippen LogP contribution in [0, 0.1) is 10.1 Å². The highest BCUT2D eigenvalue weighted by molar-refractivity contribution is 5.61. The van der Waals surface area contributed by atoms with Crippen molar-refractivity contribution in [2.75, 3.05) is 17.2 Å². The molecule has 0 atom stereocenters. The van der Waals surface area contributed by atoms with E-state index in [1.807, 2.05) is 6.92 Å². The van der Waals surface area contributed by atoms with Crippen molar-refractivity contribution in [3.63, 3.8) is 0 Å². The zero-order chi connectivity index (χ0) is 11.5. The molecular formula is C10H14N4O2. The van der Waals surface area contributed by atoms with Crippen molar-refractivity contribution in [2.24, 2.45) is 0 Å². The Labute approximate surface area is 93.2 Å². The maximum absolute atomic E-state index is 10.8. The van der Waals surface area contributed by atoms with E-state index in [2.05, 4.69) is 15.6 Å². The maximum Gasteiger partial charge on any atom is 0.311 e. The molecule has 6 heteroatoms. The van der Waals surface area contributed by atoms with Gasteiger partial charge in [-0.3, -0.25) is 10.1 Å². The molecule has 1 aromatic rings. The second kappa shape index (κ2) is 4.34. The molecule has 1 aliphatic rings. The first kappa shape index (κ1) is 10.7. The summed E-state index contributed by atoms with van der Waals surface area (Å²) in [7, 11) is 0. The minimum Gasteiger partial charge on any atom is -0.370 e. The van der Waals surface area contributed by atoms with E-state index in [-0.39, 0.29) is 5.69 Å². The molecule has 0 aromatic carbocycles. The molecule has 0 saturated heterocycles. The third kappa shape index (κ3) is 2.39. The van der Waals surface area contributed by atoms with Crippen LogP contribution < -0.4 is 10.6 Å². The van der Waals surface area contributed by atoms with Gasteiger partial charge in [-0.2, -0.15) is 0 Å². The van der Waals surface area contributed by atoms with Crippen LogP contribution in [-0.4, -0.2) is 22.5 Å². The van der Waals surface area contributed by atoms with E-state index in [4.69, 9.17) is 0 Å². The highest BCUT2D eigenvalue weighted by Crippen LogP contribution is 2.30. The molecule has 0 amide bonds. The van der Waals surface area contributed by atoms with Crippen molar-refractivity contribution in [3.05, 3.63) is 22.2 Å². The largest absolute Gasteiger partial charge is 0.370 e. The van der Waals surface area contributed by atoms with Gasteiger partial charge in [0, 0.05) is 18.7 Å². The second-order valence-electron chi connectivity index (χ2n) is 3.77. The zero-order valence-corrected chi connectivity index (χ0v) is 9.06. The molecule has 1 fully saturated rings. The quantitative estimate of drug-likeness (QED) is 0.588. The summed E-state index contributed by atoms with van der Waals surface area (Å²) in [5.74, 6) is 1.03. The van der Waals surface area contributed by atoms with Crippen LogP contribution in [-0.2, 0) is 0 Å². The second-order valence-corrected chi connectivity index (χ2v) is 3.77. The van der Waals surface area contributed by atoms with E-state index in [1.54, 1.807) is 6.07 Å². The normalized spacial score (nSPS) is 14.6. The Morgan fingerprint density at radius 1 is 1.56 bits per heavy atom. The van der Waals surface area contributed by atoms with E-state index in [0.717, 1.165) is 19.4 Å². The molecule has 2 rings (SSSR count). The predicted molar refractivity (Wildman–Crippen MR) is 61.7 cm³/mol. The first-order valence-corrected chi connectivity index (χ1v) is 5.36. The molecule has 0 unspecified atom stereocenters. The monoisotopic (exact) mass is 222 g/mol. The number of nitrogens with one attached hydrogen (secondary N) is 2. The van der Waals surface area contributed by atoms with Gasteiger partial charge in [0.15, 0.2) is 0 Å². The Hall–Kier alpha value is -1.85. The van der Waals surface area contributed by atoms with Crippen molar-refractivity contribution in [2.45, 2.75) is 25.8 Å². The molecule has 0 aliphatic heterocycles. The van der Waals surface area contributed by atoms with Crippen molar-refractivity contribution >= 4 is 17.3 Å². The van der Waals surface area contributed by atoms with E-state index < -0.39 is 4.92 Å². The lowest BCUT2D eigenvalue weighted by Gasteiger charge is -2.07. The Morgan fingerprint density at radius 2 is 2.31 bits per heavy atom. The van der Waals surface area contributed by atoms with E-state index in [9.17, 15) is 10.1 Å². The molecule has 1 aromatic heterocycles. The van der Waals surface area contributed by atoms with Gasteiger partial charge < -0.3 is 10.6 Å². The number of nitro groups is 1. The first-order chi connectivity index (χ1) is 7.70. The van der Waals surface area contributed by atoms with Crippen LogP contribution in [0.2, 0.25) is 0 Å². The minimum atomic E-state index is -0.409. The lowest BCUT2D eigenvalue weighted by molar-refractivity contribution is -0.384. The van der Waals surface area contributed by atoms with Gasteiger partial charge in [0.2, 0.25) is 5.82 Å². The molecule has 6 nitrogen and oxygen atoms in total. The number of aromatic nitrogens is 1. The third-order valence-corrected chi connectivity index (χ3v) is 2.35. The van der Waals surface area contributed by atoms with E-state index in [1.165, 1.54) is 6.07 Å². The number of nitrogens with zero attached hydrogens (tertiary/aromatic N) is 2. The van der Waals surface area contributed by atoms with Gasteiger partial charge in [0.25, 0.3) is 0 Å². The Balaban J connectivity index is 2.25. The van der Waals surface area contributed by atoms with Gasteiger partial charge in [-0.25, -0.2) is 4.98 Å². The average molecular weight is 222 g/mol. The van der Waals surface area contributed by atoms with Crippen molar-refractivity contribution < 1.29 is 4.92 Å². The number of pyridine rings is 1. The van der Waals surface area contributed by atoms with Gasteiger partial charge in [-0.05, 0) is 25.8 Å². The molecular weight excluding hydrogens is 208 g/mol. The fourth-order valence-corrected chi connectivity index (χ4v) is 1.41. The van der Waals surface area contributed by atoms with Gasteiger partial charge >= 0.3 is 5.69 Å². The highest BCUT2D eigenvalue weighted by atomic mass is 16.6. The Bertz CT molecular complexity index is 404. The Morgan fingerprint density at radius 3 is 2.88 bits per heavy atom. The lowest BCUT2D eigenvalue weighted by Crippen LogP contribution is -2.08. The number of hydrogen-bond donors (Lipinski definition) is 2. The molecule has 0 bridgehead atoms. The fourth-order valence-electron chi connectivity index (χ4n) is 1.41. The smallest absolute Gasteiger partial charge is 0.311 e. The molecule has 86 valence electrons. The van der Waals surface area contributed by atoms with Crippen LogP contribution in [0.25, 0.3) is 0 Å². The van der Waals surface area contributed by atoms with E-state index >= 15 is 0 Å². The van der Waals surface area contributed by atoms with Crippen LogP contribution in [0.5, 0.6) is 0 Å². The summed E-state index contributed by atoms with van der Waals surface area (Å²) < 4.78 is 0. The predicted octanol–water partition coefficient (Wildman–Crippen LogP) is 2.00. The minimum absolute atomic E-state index is 0.0357. The van der Waals surface area contributed by atoms with Crippen molar-refractivity contribution in [1.29, 1.82) is 0 Å². The Kier molecular flexibility index (Phi) is 2.89. The third-order valence-electron chi connectivity index (χ3n) is 2.35. The zero-order valence-electron chi connectivity index (χ0n) is 9.06. The molecule has 1 heterocycles. The van der Waals surface area contributed by atoms with Gasteiger partial charge in [-0.1, -0.05) is 0 Å². The lowest BCUT2D eigenvalue weighted by atomic mass is 10.3. The van der Waals surface area contributed by atoms with Gasteiger partial charge in [0.1, 0.15) is 5.82 Å². The summed E-state index contributed by atoms with van der Waals surface area (Å²) >= 11 is 0. The van der Waals surface area contributed by atoms with Gasteiger partial charge in [-0.15, -0.1) is 0 Å². The van der Waals surface area contributed by atoms with E-state index in [0.29, 0.717) is 17.7 Å². The summed E-state index contributed by atoms with van der Waals surface area (Å²) in [6.45, 7) is 2.70. The summed E-state index contributed by atoms with van der Waals surface area (Å²) in [6.07, 6.45) is 2.12. The summed E-state index contributed by atoms with van der Waals surface area (Å²) in [4.78, 5) is 14.6. The fraction of sp³-hybridized carbons (Fsp3) is 0.500. The standard InChI is InChI=1S/C10H14N4O2/c1-2-11-9-6-5-8(14(15)16)10(13-9)12-7-3-4-7/h5-7H,2-4H2,1H3,(H2,11,12,13). The molecule has 1 aliphatic carbocycles. The number of rotatable bonds is 5. The molecule has 0 radical (unpaired) electrons. The topological polar surface area (TPSA) is 80.1 Å². The van der Waals surface area contributed by atoms with Crippen molar-refractivity contribution in [1.82, 2.24) is 4.98 Å². The number of hydrogen-bond acceptors (Lipinski definition) is 5. The summed E-state index contributed by atoms with van der Waals surface area (Å²) in [5, 5.41) is 16.9. The van der Waals surface area contributed by atoms with Crippen LogP contribution in [0.3, 0.4) is 0 Å². The molecule has 0 spiro atoms.